The monoisotopic (exact) mass is 462 g/mol. The van der Waals surface area contributed by atoms with Gasteiger partial charge in [-0.1, -0.05) is 120 Å². The molecule has 0 heteroatoms. The van der Waals surface area contributed by atoms with Gasteiger partial charge in [0.15, 0.2) is 0 Å². The van der Waals surface area contributed by atoms with Crippen LogP contribution in [0.5, 0.6) is 0 Å². The molecule has 0 aromatic carbocycles. The van der Waals surface area contributed by atoms with Crippen molar-refractivity contribution >= 4 is 0 Å². The Bertz CT molecular complexity index is 845. The van der Waals surface area contributed by atoms with Crippen molar-refractivity contribution in [3.8, 4) is 0 Å². The van der Waals surface area contributed by atoms with E-state index in [4.69, 9.17) is 0 Å². The Labute approximate surface area is 212 Å². The Morgan fingerprint density at radius 3 is 1.41 bits per heavy atom. The molecule has 4 aliphatic rings. The largest absolute Gasteiger partial charge is 0.0802 e. The molecule has 0 saturated heterocycles. The molecule has 2 saturated carbocycles. The molecule has 34 heavy (non-hydrogen) atoms. The average molecular weight is 463 g/mol. The molecular formula is C34H54. The van der Waals surface area contributed by atoms with Crippen LogP contribution in [0.15, 0.2) is 47.6 Å². The van der Waals surface area contributed by atoms with Gasteiger partial charge in [-0.05, 0) is 93.0 Å². The second-order valence-corrected chi connectivity index (χ2v) is 16.2. The van der Waals surface area contributed by atoms with Crippen LogP contribution >= 0.6 is 0 Å². The molecule has 2 fully saturated rings. The molecular weight excluding hydrogens is 408 g/mol. The third-order valence-corrected chi connectivity index (χ3v) is 10.6. The van der Waals surface area contributed by atoms with E-state index in [0.29, 0.717) is 40.4 Å². The van der Waals surface area contributed by atoms with E-state index in [1.54, 1.807) is 0 Å². The molecule has 7 unspecified atom stereocenters. The lowest BCUT2D eigenvalue weighted by molar-refractivity contribution is 0.0496. The summed E-state index contributed by atoms with van der Waals surface area (Å²) >= 11 is 0. The third-order valence-electron chi connectivity index (χ3n) is 10.6. The summed E-state index contributed by atoms with van der Waals surface area (Å²) in [5, 5.41) is 0. The molecule has 7 atom stereocenters. The van der Waals surface area contributed by atoms with Gasteiger partial charge in [0.25, 0.3) is 0 Å². The summed E-state index contributed by atoms with van der Waals surface area (Å²) in [6.07, 6.45) is 18.5. The summed E-state index contributed by atoms with van der Waals surface area (Å²) in [5.74, 6) is 5.74. The first-order chi connectivity index (χ1) is 15.4. The lowest BCUT2D eigenvalue weighted by atomic mass is 9.59. The molecule has 0 aliphatic heterocycles. The summed E-state index contributed by atoms with van der Waals surface area (Å²) in [4.78, 5) is 0. The molecule has 4 aliphatic carbocycles. The summed E-state index contributed by atoms with van der Waals surface area (Å²) in [5.41, 5.74) is 4.25. The highest BCUT2D eigenvalue weighted by Crippen LogP contribution is 2.64. The Hall–Kier alpha value is -1.04. The van der Waals surface area contributed by atoms with Crippen LogP contribution in [0.4, 0.5) is 0 Å². The van der Waals surface area contributed by atoms with E-state index in [-0.39, 0.29) is 10.8 Å². The van der Waals surface area contributed by atoms with Crippen LogP contribution in [0.3, 0.4) is 0 Å². The molecule has 0 aromatic rings. The number of hydrogen-bond donors (Lipinski definition) is 0. The van der Waals surface area contributed by atoms with Crippen molar-refractivity contribution in [3.63, 3.8) is 0 Å². The lowest BCUT2D eigenvalue weighted by Crippen LogP contribution is -2.40. The Morgan fingerprint density at radius 2 is 1.06 bits per heavy atom. The van der Waals surface area contributed by atoms with E-state index in [0.717, 1.165) is 17.8 Å². The van der Waals surface area contributed by atoms with Gasteiger partial charge in [0.2, 0.25) is 0 Å². The van der Waals surface area contributed by atoms with E-state index in [9.17, 15) is 0 Å². The minimum absolute atomic E-state index is 0.214. The average Bonchev–Trinajstić information content (AvgIpc) is 3.24. The summed E-state index contributed by atoms with van der Waals surface area (Å²) in [6, 6.07) is 0. The smallest absolute Gasteiger partial charge is 0.00924 e. The normalized spacial score (nSPS) is 38.5. The predicted molar refractivity (Wildman–Crippen MR) is 149 cm³/mol. The van der Waals surface area contributed by atoms with Crippen molar-refractivity contribution in [3.05, 3.63) is 47.6 Å². The highest BCUT2D eigenvalue weighted by Gasteiger charge is 2.57. The molecule has 190 valence electrons. The fourth-order valence-electron chi connectivity index (χ4n) is 8.38. The molecule has 0 nitrogen and oxygen atoms in total. The van der Waals surface area contributed by atoms with E-state index < -0.39 is 0 Å². The number of fused-ring (bicyclic) bond motifs is 3. The Balaban J connectivity index is 1.74. The Morgan fingerprint density at radius 1 is 0.618 bits per heavy atom. The zero-order valence-electron chi connectivity index (χ0n) is 24.5. The van der Waals surface area contributed by atoms with Crippen LogP contribution in [0.1, 0.15) is 95.9 Å². The minimum atomic E-state index is 0.214. The molecule has 0 radical (unpaired) electrons. The summed E-state index contributed by atoms with van der Waals surface area (Å²) in [6.45, 7) is 29.5. The van der Waals surface area contributed by atoms with Gasteiger partial charge < -0.3 is 0 Å². The highest BCUT2D eigenvalue weighted by molar-refractivity contribution is 5.39. The fourth-order valence-corrected chi connectivity index (χ4v) is 8.38. The molecule has 0 heterocycles. The van der Waals surface area contributed by atoms with Crippen LogP contribution in [0, 0.1) is 69.0 Å². The van der Waals surface area contributed by atoms with E-state index in [1.807, 2.05) is 0 Å². The minimum Gasteiger partial charge on any atom is -0.0802 e. The van der Waals surface area contributed by atoms with Crippen LogP contribution in [0.25, 0.3) is 0 Å². The summed E-state index contributed by atoms with van der Waals surface area (Å²) in [7, 11) is 0. The maximum atomic E-state index is 2.70. The Kier molecular flexibility index (Phi) is 6.31. The van der Waals surface area contributed by atoms with Crippen LogP contribution in [-0.4, -0.2) is 0 Å². The molecule has 4 rings (SSSR count). The third kappa shape index (κ3) is 4.46. The molecule has 0 N–H and O–H groups in total. The first-order valence-corrected chi connectivity index (χ1v) is 14.2. The summed E-state index contributed by atoms with van der Waals surface area (Å²) < 4.78 is 0. The van der Waals surface area contributed by atoms with Crippen molar-refractivity contribution in [1.82, 2.24) is 0 Å². The second-order valence-electron chi connectivity index (χ2n) is 16.2. The van der Waals surface area contributed by atoms with Gasteiger partial charge in [-0.2, -0.15) is 0 Å². The van der Waals surface area contributed by atoms with Crippen molar-refractivity contribution in [1.29, 1.82) is 0 Å². The number of hydrogen-bond acceptors (Lipinski definition) is 0. The molecule has 0 bridgehead atoms. The van der Waals surface area contributed by atoms with Crippen molar-refractivity contribution in [2.45, 2.75) is 95.9 Å². The van der Waals surface area contributed by atoms with Crippen molar-refractivity contribution < 1.29 is 0 Å². The first-order valence-electron chi connectivity index (χ1n) is 14.2. The van der Waals surface area contributed by atoms with Crippen molar-refractivity contribution in [2.24, 2.45) is 69.0 Å². The van der Waals surface area contributed by atoms with E-state index in [1.165, 1.54) is 24.0 Å². The molecule has 0 amide bonds. The zero-order chi connectivity index (χ0) is 25.4. The van der Waals surface area contributed by atoms with Gasteiger partial charge >= 0.3 is 0 Å². The van der Waals surface area contributed by atoms with Crippen LogP contribution in [-0.2, 0) is 0 Å². The maximum absolute atomic E-state index is 2.70. The lowest BCUT2D eigenvalue weighted by Gasteiger charge is -2.46. The van der Waals surface area contributed by atoms with Gasteiger partial charge in [0.1, 0.15) is 0 Å². The van der Waals surface area contributed by atoms with Gasteiger partial charge in [0.05, 0.1) is 0 Å². The van der Waals surface area contributed by atoms with Crippen LogP contribution in [0.2, 0.25) is 0 Å². The highest BCUT2D eigenvalue weighted by atomic mass is 14.6. The quantitative estimate of drug-likeness (QED) is 0.383. The maximum Gasteiger partial charge on any atom is -0.00924 e. The van der Waals surface area contributed by atoms with Gasteiger partial charge in [0, 0.05) is 0 Å². The standard InChI is InChI=1S/C34H54/c1-21-17-24(33(8,9)10)20-29(21)34(11,12)30-25-15-13-22(31(2,3)4)18-27(25)28-19-23(32(5,6)7)14-16-26(28)30/h13-16,18-19,21,24-30H,17,20H2,1-12H3. The topological polar surface area (TPSA) is 0 Å². The zero-order valence-corrected chi connectivity index (χ0v) is 24.5. The van der Waals surface area contributed by atoms with E-state index in [2.05, 4.69) is 120 Å². The van der Waals surface area contributed by atoms with Gasteiger partial charge in [-0.3, -0.25) is 0 Å². The molecule has 0 aromatic heterocycles. The van der Waals surface area contributed by atoms with Gasteiger partial charge in [-0.15, -0.1) is 0 Å². The SMILES string of the molecule is CC1CC(C(C)(C)C)CC1C(C)(C)C1C2C=CC(C(C)(C)C)=CC2C2C=C(C(C)(C)C)C=CC21. The second kappa shape index (κ2) is 8.24. The van der Waals surface area contributed by atoms with Gasteiger partial charge in [-0.25, -0.2) is 0 Å². The number of allylic oxidation sites excluding steroid dienone is 8. The molecule has 0 spiro atoms. The predicted octanol–water partition coefficient (Wildman–Crippen LogP) is 9.90. The van der Waals surface area contributed by atoms with E-state index >= 15 is 0 Å². The first kappa shape index (κ1) is 26.0. The number of rotatable bonds is 2. The van der Waals surface area contributed by atoms with Crippen molar-refractivity contribution in [2.75, 3.05) is 0 Å². The fraction of sp³-hybridized carbons (Fsp3) is 0.765. The van der Waals surface area contributed by atoms with Crippen LogP contribution < -0.4 is 0 Å².